The lowest BCUT2D eigenvalue weighted by Crippen LogP contribution is -2.23. The van der Waals surface area contributed by atoms with E-state index < -0.39 is 0 Å². The van der Waals surface area contributed by atoms with Crippen molar-refractivity contribution >= 4 is 22.6 Å². The van der Waals surface area contributed by atoms with Gasteiger partial charge in [-0.3, -0.25) is 0 Å². The summed E-state index contributed by atoms with van der Waals surface area (Å²) < 4.78 is 10.6. The van der Waals surface area contributed by atoms with Gasteiger partial charge in [-0.05, 0) is 35.4 Å². The molecule has 1 saturated carbocycles. The molecule has 0 spiro atoms. The van der Waals surface area contributed by atoms with Crippen LogP contribution in [-0.2, 0) is 9.47 Å². The van der Waals surface area contributed by atoms with Crippen LogP contribution in [0, 0.1) is 5.92 Å². The normalized spacial score (nSPS) is 33.0. The first kappa shape index (κ1) is 6.37. The molecule has 0 bridgehead atoms. The highest BCUT2D eigenvalue weighted by molar-refractivity contribution is 14.1. The number of hydrogen-bond acceptors (Lipinski definition) is 2. The molecule has 3 heteroatoms. The van der Waals surface area contributed by atoms with Crippen molar-refractivity contribution in [3.63, 3.8) is 0 Å². The summed E-state index contributed by atoms with van der Waals surface area (Å²) in [5.74, 6) is 0.681. The second-order valence-corrected chi connectivity index (χ2v) is 4.06. The second-order valence-electron chi connectivity index (χ2n) is 2.55. The fraction of sp³-hybridized carbons (Fsp3) is 1.00. The van der Waals surface area contributed by atoms with Crippen LogP contribution in [-0.4, -0.2) is 17.0 Å². The molecule has 0 N–H and O–H groups in total. The molecule has 0 atom stereocenters. The summed E-state index contributed by atoms with van der Waals surface area (Å²) in [6.07, 6.45) is 2.56. The van der Waals surface area contributed by atoms with Crippen LogP contribution in [0.15, 0.2) is 0 Å². The van der Waals surface area contributed by atoms with Crippen molar-refractivity contribution in [1.29, 1.82) is 0 Å². The van der Waals surface area contributed by atoms with Crippen molar-refractivity contribution < 1.29 is 9.47 Å². The van der Waals surface area contributed by atoms with Crippen LogP contribution in [0.3, 0.4) is 0 Å². The monoisotopic (exact) mass is 240 g/mol. The molecule has 9 heavy (non-hydrogen) atoms. The average molecular weight is 240 g/mol. The largest absolute Gasteiger partial charge is 0.339 e. The Morgan fingerprint density at radius 3 is 2.22 bits per heavy atom. The van der Waals surface area contributed by atoms with Crippen LogP contribution in [0.5, 0.6) is 0 Å². The molecule has 1 aliphatic heterocycles. The highest BCUT2D eigenvalue weighted by Gasteiger charge is 2.47. The maximum absolute atomic E-state index is 5.43. The molecule has 0 unspecified atom stereocenters. The zero-order valence-electron chi connectivity index (χ0n) is 5.10. The van der Waals surface area contributed by atoms with Gasteiger partial charge in [0.2, 0.25) is 3.79 Å². The summed E-state index contributed by atoms with van der Waals surface area (Å²) >= 11 is 2.27. The lowest BCUT2D eigenvalue weighted by molar-refractivity contribution is -0.0748. The number of halogens is 1. The molecular formula is C6H9IO2. The van der Waals surface area contributed by atoms with Gasteiger partial charge in [-0.1, -0.05) is 0 Å². The third kappa shape index (κ3) is 1.10. The van der Waals surface area contributed by atoms with E-state index in [0.29, 0.717) is 5.92 Å². The summed E-state index contributed by atoms with van der Waals surface area (Å²) in [6.45, 7) is 1.55. The second kappa shape index (κ2) is 2.07. The quantitative estimate of drug-likeness (QED) is 0.511. The Bertz CT molecular complexity index is 116. The molecule has 0 aromatic rings. The van der Waals surface area contributed by atoms with Crippen LogP contribution >= 0.6 is 22.6 Å². The summed E-state index contributed by atoms with van der Waals surface area (Å²) in [5, 5.41) is 0. The van der Waals surface area contributed by atoms with Gasteiger partial charge in [-0.25, -0.2) is 0 Å². The third-order valence-corrected chi connectivity index (χ3v) is 3.25. The highest BCUT2D eigenvalue weighted by Crippen LogP contribution is 2.48. The Balaban J connectivity index is 2.02. The number of hydrogen-bond donors (Lipinski definition) is 0. The molecule has 2 fully saturated rings. The van der Waals surface area contributed by atoms with Gasteiger partial charge in [0, 0.05) is 5.92 Å². The van der Waals surface area contributed by atoms with E-state index in [0.717, 1.165) is 13.2 Å². The van der Waals surface area contributed by atoms with E-state index in [-0.39, 0.29) is 3.79 Å². The fourth-order valence-corrected chi connectivity index (χ4v) is 2.13. The van der Waals surface area contributed by atoms with E-state index >= 15 is 0 Å². The SMILES string of the molecule is IC1(C2CC2)OCCO1. The van der Waals surface area contributed by atoms with Gasteiger partial charge in [-0.15, -0.1) is 0 Å². The van der Waals surface area contributed by atoms with Gasteiger partial charge >= 0.3 is 0 Å². The molecule has 2 aliphatic rings. The number of rotatable bonds is 1. The molecule has 0 aromatic carbocycles. The zero-order chi connectivity index (χ0) is 6.32. The summed E-state index contributed by atoms with van der Waals surface area (Å²) in [4.78, 5) is 0. The van der Waals surface area contributed by atoms with Crippen LogP contribution in [0.4, 0.5) is 0 Å². The molecular weight excluding hydrogens is 231 g/mol. The zero-order valence-corrected chi connectivity index (χ0v) is 7.26. The smallest absolute Gasteiger partial charge is 0.224 e. The van der Waals surface area contributed by atoms with Crippen molar-refractivity contribution in [2.45, 2.75) is 16.6 Å². The molecule has 2 nitrogen and oxygen atoms in total. The Morgan fingerprint density at radius 1 is 1.22 bits per heavy atom. The fourth-order valence-electron chi connectivity index (χ4n) is 1.07. The molecule has 0 aromatic heterocycles. The molecule has 2 rings (SSSR count). The first-order chi connectivity index (χ1) is 4.31. The van der Waals surface area contributed by atoms with E-state index in [4.69, 9.17) is 9.47 Å². The molecule has 1 heterocycles. The molecule has 1 aliphatic carbocycles. The minimum absolute atomic E-state index is 0.224. The maximum Gasteiger partial charge on any atom is 0.224 e. The summed E-state index contributed by atoms with van der Waals surface area (Å²) in [6, 6.07) is 0. The minimum atomic E-state index is -0.224. The lowest BCUT2D eigenvalue weighted by atomic mass is 10.4. The van der Waals surface area contributed by atoms with Gasteiger partial charge in [0.25, 0.3) is 0 Å². The van der Waals surface area contributed by atoms with Crippen LogP contribution < -0.4 is 0 Å². The highest BCUT2D eigenvalue weighted by atomic mass is 127. The summed E-state index contributed by atoms with van der Waals surface area (Å²) in [7, 11) is 0. The number of alkyl halides is 1. The molecule has 1 saturated heterocycles. The standard InChI is InChI=1S/C6H9IO2/c7-6(5-1-2-5)8-3-4-9-6/h5H,1-4H2. The Hall–Kier alpha value is 0.650. The van der Waals surface area contributed by atoms with Crippen molar-refractivity contribution in [3.8, 4) is 0 Å². The molecule has 52 valence electrons. The van der Waals surface area contributed by atoms with Crippen molar-refractivity contribution in [1.82, 2.24) is 0 Å². The van der Waals surface area contributed by atoms with Crippen LogP contribution in [0.2, 0.25) is 0 Å². The topological polar surface area (TPSA) is 18.5 Å². The molecule has 0 amide bonds. The van der Waals surface area contributed by atoms with Gasteiger partial charge < -0.3 is 9.47 Å². The average Bonchev–Trinajstić information content (AvgIpc) is 2.60. The minimum Gasteiger partial charge on any atom is -0.339 e. The van der Waals surface area contributed by atoms with E-state index in [9.17, 15) is 0 Å². The van der Waals surface area contributed by atoms with E-state index in [2.05, 4.69) is 22.6 Å². The van der Waals surface area contributed by atoms with Crippen LogP contribution in [0.25, 0.3) is 0 Å². The van der Waals surface area contributed by atoms with Gasteiger partial charge in [0.05, 0.1) is 13.2 Å². The Kier molecular flexibility index (Phi) is 1.46. The predicted octanol–water partition coefficient (Wildman–Crippen LogP) is 1.53. The number of ether oxygens (including phenoxy) is 2. The van der Waals surface area contributed by atoms with Crippen molar-refractivity contribution in [2.24, 2.45) is 5.92 Å². The predicted molar refractivity (Wildman–Crippen MR) is 41.4 cm³/mol. The van der Waals surface area contributed by atoms with E-state index in [1.165, 1.54) is 12.8 Å². The summed E-state index contributed by atoms with van der Waals surface area (Å²) in [5.41, 5.74) is 0. The van der Waals surface area contributed by atoms with Crippen LogP contribution in [0.1, 0.15) is 12.8 Å². The Morgan fingerprint density at radius 2 is 1.78 bits per heavy atom. The van der Waals surface area contributed by atoms with Gasteiger partial charge in [0.15, 0.2) is 0 Å². The van der Waals surface area contributed by atoms with E-state index in [1.54, 1.807) is 0 Å². The first-order valence-corrected chi connectivity index (χ1v) is 4.36. The van der Waals surface area contributed by atoms with Gasteiger partial charge in [-0.2, -0.15) is 0 Å². The van der Waals surface area contributed by atoms with Gasteiger partial charge in [0.1, 0.15) is 0 Å². The first-order valence-electron chi connectivity index (χ1n) is 3.28. The Labute approximate surface area is 68.0 Å². The van der Waals surface area contributed by atoms with Crippen molar-refractivity contribution in [2.75, 3.05) is 13.2 Å². The molecule has 0 radical (unpaired) electrons. The maximum atomic E-state index is 5.43. The van der Waals surface area contributed by atoms with Crippen molar-refractivity contribution in [3.05, 3.63) is 0 Å². The lowest BCUT2D eigenvalue weighted by Gasteiger charge is -2.18. The van der Waals surface area contributed by atoms with E-state index in [1.807, 2.05) is 0 Å². The third-order valence-electron chi connectivity index (χ3n) is 1.75.